The number of rotatable bonds is 34. The van der Waals surface area contributed by atoms with Gasteiger partial charge in [0.1, 0.15) is 12.1 Å². The molecule has 0 aliphatic carbocycles. The molecule has 0 bridgehead atoms. The Morgan fingerprint density at radius 3 is 1.69 bits per heavy atom. The minimum Gasteiger partial charge on any atom is -0.480 e. The molecule has 0 fully saturated rings. The first-order valence-corrected chi connectivity index (χ1v) is 19.4. The minimum atomic E-state index is -1.39. The molecule has 9 heteroatoms. The van der Waals surface area contributed by atoms with Gasteiger partial charge in [0.25, 0.3) is 0 Å². The molecule has 282 valence electrons. The summed E-state index contributed by atoms with van der Waals surface area (Å²) in [5.41, 5.74) is 0. The number of amides is 2. The fourth-order valence-electron chi connectivity index (χ4n) is 5.41. The van der Waals surface area contributed by atoms with Gasteiger partial charge in [0.2, 0.25) is 11.8 Å². The van der Waals surface area contributed by atoms with Crippen molar-refractivity contribution in [1.82, 2.24) is 10.6 Å². The highest BCUT2D eigenvalue weighted by Gasteiger charge is 2.18. The molecule has 0 heterocycles. The van der Waals surface area contributed by atoms with E-state index >= 15 is 0 Å². The number of aliphatic hydroxyl groups is 1. The number of carbonyl (C=O) groups is 4. The zero-order valence-corrected chi connectivity index (χ0v) is 30.9. The van der Waals surface area contributed by atoms with Crippen LogP contribution in [0.2, 0.25) is 0 Å². The molecule has 0 aromatic heterocycles. The Morgan fingerprint density at radius 1 is 0.633 bits per heavy atom. The Morgan fingerprint density at radius 2 is 1.14 bits per heavy atom. The van der Waals surface area contributed by atoms with Crippen LogP contribution in [0, 0.1) is 0 Å². The molecule has 0 aromatic rings. The summed E-state index contributed by atoms with van der Waals surface area (Å²) in [5.74, 6) is -2.44. The molecule has 0 rings (SSSR count). The molecular formula is C40H70N2O7. The molecule has 0 spiro atoms. The maximum Gasteiger partial charge on any atom is 0.328 e. The van der Waals surface area contributed by atoms with Gasteiger partial charge in [-0.2, -0.15) is 0 Å². The van der Waals surface area contributed by atoms with E-state index in [1.165, 1.54) is 77.0 Å². The van der Waals surface area contributed by atoms with Gasteiger partial charge in [0, 0.05) is 12.8 Å². The number of hydrogen-bond acceptors (Lipinski definition) is 6. The number of unbranched alkanes of at least 4 members (excludes halogenated alkanes) is 16. The fraction of sp³-hybridized carbons (Fsp3) is 0.750. The van der Waals surface area contributed by atoms with Crippen molar-refractivity contribution >= 4 is 23.8 Å². The minimum absolute atomic E-state index is 0.136. The lowest BCUT2D eigenvalue weighted by Crippen LogP contribution is -2.47. The number of aliphatic carboxylic acids is 1. The fourth-order valence-corrected chi connectivity index (χ4v) is 5.41. The molecule has 2 unspecified atom stereocenters. The lowest BCUT2D eigenvalue weighted by atomic mass is 10.0. The molecule has 0 aliphatic heterocycles. The molecule has 0 radical (unpaired) electrons. The molecule has 2 atom stereocenters. The molecule has 4 N–H and O–H groups in total. The second-order valence-corrected chi connectivity index (χ2v) is 13.0. The highest BCUT2D eigenvalue weighted by Crippen LogP contribution is 2.15. The number of carboxylic acid groups (broad SMARTS) is 1. The van der Waals surface area contributed by atoms with E-state index in [-0.39, 0.29) is 30.9 Å². The summed E-state index contributed by atoms with van der Waals surface area (Å²) < 4.78 is 5.86. The Balaban J connectivity index is 4.32. The van der Waals surface area contributed by atoms with Crippen LogP contribution in [0.3, 0.4) is 0 Å². The summed E-state index contributed by atoms with van der Waals surface area (Å²) in [7, 11) is 0. The lowest BCUT2D eigenvalue weighted by molar-refractivity contribution is -0.147. The molecule has 0 saturated heterocycles. The number of aliphatic hydroxyl groups excluding tert-OH is 1. The second kappa shape index (κ2) is 34.9. The molecule has 49 heavy (non-hydrogen) atoms. The van der Waals surface area contributed by atoms with E-state index in [9.17, 15) is 19.2 Å². The third kappa shape index (κ3) is 32.0. The van der Waals surface area contributed by atoms with Gasteiger partial charge in [-0.15, -0.1) is 0 Å². The monoisotopic (exact) mass is 691 g/mol. The highest BCUT2D eigenvalue weighted by molar-refractivity contribution is 5.87. The highest BCUT2D eigenvalue weighted by atomic mass is 16.5. The normalized spacial score (nSPS) is 12.9. The van der Waals surface area contributed by atoms with Crippen molar-refractivity contribution in [3.63, 3.8) is 0 Å². The predicted molar refractivity (Wildman–Crippen MR) is 199 cm³/mol. The van der Waals surface area contributed by atoms with E-state index < -0.39 is 24.5 Å². The van der Waals surface area contributed by atoms with Gasteiger partial charge in [-0.3, -0.25) is 14.4 Å². The first-order chi connectivity index (χ1) is 23.8. The number of hydrogen-bond donors (Lipinski definition) is 4. The van der Waals surface area contributed by atoms with Crippen LogP contribution in [0.1, 0.15) is 168 Å². The number of ether oxygens (including phenoxy) is 1. The van der Waals surface area contributed by atoms with Gasteiger partial charge >= 0.3 is 11.9 Å². The van der Waals surface area contributed by atoms with Gasteiger partial charge in [0.05, 0.1) is 13.2 Å². The van der Waals surface area contributed by atoms with Crippen molar-refractivity contribution in [3.05, 3.63) is 36.5 Å². The lowest BCUT2D eigenvalue weighted by Gasteiger charge is -2.15. The Kier molecular flexibility index (Phi) is 32.8. The van der Waals surface area contributed by atoms with Crippen LogP contribution >= 0.6 is 0 Å². The maximum absolute atomic E-state index is 12.6. The maximum atomic E-state index is 12.6. The van der Waals surface area contributed by atoms with Crippen LogP contribution in [-0.4, -0.2) is 59.3 Å². The van der Waals surface area contributed by atoms with Crippen LogP contribution in [0.4, 0.5) is 0 Å². The SMILES string of the molecule is CC/C=C\C/C=C\C/C=C\C(CCCCCCC(=O)NCC(=O)NC(CO)C(=O)O)OC(=O)CCCCCCCCCCCCCCCC. The zero-order valence-electron chi connectivity index (χ0n) is 30.9. The zero-order chi connectivity index (χ0) is 36.2. The Hall–Kier alpha value is -2.94. The van der Waals surface area contributed by atoms with E-state index in [2.05, 4.69) is 54.9 Å². The van der Waals surface area contributed by atoms with Crippen molar-refractivity contribution in [2.45, 2.75) is 180 Å². The average Bonchev–Trinajstić information content (AvgIpc) is 3.08. The first kappa shape index (κ1) is 46.1. The number of carbonyl (C=O) groups excluding carboxylic acids is 3. The predicted octanol–water partition coefficient (Wildman–Crippen LogP) is 8.65. The van der Waals surface area contributed by atoms with E-state index in [4.69, 9.17) is 14.9 Å². The molecule has 2 amide bonds. The standard InChI is InChI=1S/C40H70N2O7/c1-3-5-7-9-11-13-14-15-16-17-18-20-22-28-32-39(46)49-35(29-25-21-19-12-10-8-6-4-2)30-26-23-24-27-31-37(44)41-33-38(45)42-36(34-43)40(47)48/h6,8,12,19,25,29,35-36,43H,3-5,7,9-11,13-18,20-24,26-28,30-34H2,1-2H3,(H,41,44)(H,42,45)(H,47,48)/b8-6-,19-12-,29-25-. The number of carboxylic acids is 1. The van der Waals surface area contributed by atoms with Gasteiger partial charge in [0.15, 0.2) is 0 Å². The van der Waals surface area contributed by atoms with E-state index in [0.29, 0.717) is 12.8 Å². The topological polar surface area (TPSA) is 142 Å². The number of allylic oxidation sites excluding steroid dienone is 5. The van der Waals surface area contributed by atoms with Crippen molar-refractivity contribution in [1.29, 1.82) is 0 Å². The van der Waals surface area contributed by atoms with Gasteiger partial charge < -0.3 is 25.6 Å². The summed E-state index contributed by atoms with van der Waals surface area (Å²) in [6.45, 7) is 3.31. The number of esters is 1. The summed E-state index contributed by atoms with van der Waals surface area (Å²) in [5, 5.41) is 22.5. The Labute approximate surface area is 297 Å². The van der Waals surface area contributed by atoms with Crippen LogP contribution in [-0.2, 0) is 23.9 Å². The van der Waals surface area contributed by atoms with Crippen molar-refractivity contribution in [2.75, 3.05) is 13.2 Å². The smallest absolute Gasteiger partial charge is 0.328 e. The molecule has 0 aliphatic rings. The second-order valence-electron chi connectivity index (χ2n) is 13.0. The van der Waals surface area contributed by atoms with Gasteiger partial charge in [-0.25, -0.2) is 4.79 Å². The number of nitrogens with one attached hydrogen (secondary N) is 2. The first-order valence-electron chi connectivity index (χ1n) is 19.4. The van der Waals surface area contributed by atoms with Crippen LogP contribution in [0.15, 0.2) is 36.5 Å². The van der Waals surface area contributed by atoms with Gasteiger partial charge in [-0.1, -0.05) is 141 Å². The molecule has 9 nitrogen and oxygen atoms in total. The van der Waals surface area contributed by atoms with Crippen LogP contribution in [0.25, 0.3) is 0 Å². The van der Waals surface area contributed by atoms with Crippen LogP contribution in [0.5, 0.6) is 0 Å². The molecule has 0 aromatic carbocycles. The van der Waals surface area contributed by atoms with E-state index in [1.54, 1.807) is 0 Å². The van der Waals surface area contributed by atoms with E-state index in [1.807, 2.05) is 6.08 Å². The van der Waals surface area contributed by atoms with Crippen molar-refractivity contribution in [2.24, 2.45) is 0 Å². The third-order valence-corrected chi connectivity index (χ3v) is 8.39. The quantitative estimate of drug-likeness (QED) is 0.0301. The van der Waals surface area contributed by atoms with E-state index in [0.717, 1.165) is 57.8 Å². The summed E-state index contributed by atoms with van der Waals surface area (Å²) >= 11 is 0. The van der Waals surface area contributed by atoms with Crippen molar-refractivity contribution in [3.8, 4) is 0 Å². The third-order valence-electron chi connectivity index (χ3n) is 8.39. The summed E-state index contributed by atoms with van der Waals surface area (Å²) in [6, 6.07) is -1.39. The van der Waals surface area contributed by atoms with Crippen molar-refractivity contribution < 1.29 is 34.1 Å². The Bertz CT molecular complexity index is 932. The average molecular weight is 691 g/mol. The largest absolute Gasteiger partial charge is 0.480 e. The molecular weight excluding hydrogens is 620 g/mol. The van der Waals surface area contributed by atoms with Gasteiger partial charge in [-0.05, 0) is 51.0 Å². The summed E-state index contributed by atoms with van der Waals surface area (Å²) in [6.07, 6.45) is 37.7. The molecule has 0 saturated carbocycles. The van der Waals surface area contributed by atoms with Crippen LogP contribution < -0.4 is 10.6 Å². The summed E-state index contributed by atoms with van der Waals surface area (Å²) in [4.78, 5) is 47.4.